The fraction of sp³-hybridized carbons (Fsp3) is 0.0625. The molecular formula is C48H34N4. The Morgan fingerprint density at radius 1 is 0.385 bits per heavy atom. The second kappa shape index (κ2) is 11.7. The van der Waals surface area contributed by atoms with Crippen LogP contribution in [0.3, 0.4) is 0 Å². The van der Waals surface area contributed by atoms with E-state index in [9.17, 15) is 0 Å². The SMILES string of the molecule is CC1(C)c2ccccc2-c2ccc(-c3ccc(-c4ccc5c6ccccc6n(-c6nc(-c7ccccc7)nc(-c7ccccc7)n6)c5c4)cc3)cc21. The third-order valence-corrected chi connectivity index (χ3v) is 10.7. The zero-order valence-corrected chi connectivity index (χ0v) is 29.0. The van der Waals surface area contributed by atoms with Crippen molar-refractivity contribution in [3.63, 3.8) is 0 Å². The van der Waals surface area contributed by atoms with Crippen LogP contribution >= 0.6 is 0 Å². The summed E-state index contributed by atoms with van der Waals surface area (Å²) in [5, 5.41) is 2.31. The highest BCUT2D eigenvalue weighted by Gasteiger charge is 2.35. The lowest BCUT2D eigenvalue weighted by molar-refractivity contribution is 0.660. The van der Waals surface area contributed by atoms with Crippen LogP contribution in [0.15, 0.2) is 170 Å². The first kappa shape index (κ1) is 30.2. The standard InChI is InChI=1S/C48H34N4/c1-48(2)41-19-11-9-17-37(41)38-27-25-35(29-42(38)48)31-21-23-32(24-22-31)36-26-28-40-39-18-10-12-20-43(39)52(44(40)30-36)47-50-45(33-13-5-3-6-14-33)49-46(51-47)34-15-7-4-8-16-34/h3-30H,1-2H3. The molecule has 0 unspecified atom stereocenters. The molecule has 0 radical (unpaired) electrons. The molecule has 4 heteroatoms. The molecule has 0 saturated carbocycles. The Balaban J connectivity index is 1.09. The van der Waals surface area contributed by atoms with Gasteiger partial charge in [-0.3, -0.25) is 4.57 Å². The Kier molecular flexibility index (Phi) is 6.80. The van der Waals surface area contributed by atoms with Crippen molar-refractivity contribution in [2.45, 2.75) is 19.3 Å². The van der Waals surface area contributed by atoms with Crippen LogP contribution in [0.2, 0.25) is 0 Å². The number of hydrogen-bond donors (Lipinski definition) is 0. The van der Waals surface area contributed by atoms with E-state index in [1.165, 1.54) is 33.4 Å². The summed E-state index contributed by atoms with van der Waals surface area (Å²) in [6.45, 7) is 4.67. The molecule has 0 atom stereocenters. The number of rotatable bonds is 5. The molecular weight excluding hydrogens is 633 g/mol. The lowest BCUT2D eigenvalue weighted by Gasteiger charge is -2.22. The van der Waals surface area contributed by atoms with Gasteiger partial charge in [-0.2, -0.15) is 9.97 Å². The predicted molar refractivity (Wildman–Crippen MR) is 213 cm³/mol. The number of hydrogen-bond acceptors (Lipinski definition) is 3. The number of nitrogens with zero attached hydrogens (tertiary/aromatic N) is 4. The molecule has 9 aromatic rings. The summed E-state index contributed by atoms with van der Waals surface area (Å²) in [6, 6.07) is 60.2. The van der Waals surface area contributed by atoms with Gasteiger partial charge in [-0.25, -0.2) is 4.98 Å². The Morgan fingerprint density at radius 3 is 1.60 bits per heavy atom. The molecule has 10 rings (SSSR count). The van der Waals surface area contributed by atoms with Crippen LogP contribution in [-0.2, 0) is 5.41 Å². The molecule has 0 saturated heterocycles. The minimum atomic E-state index is -0.0298. The van der Waals surface area contributed by atoms with Crippen molar-refractivity contribution in [2.75, 3.05) is 0 Å². The lowest BCUT2D eigenvalue weighted by atomic mass is 9.81. The van der Waals surface area contributed by atoms with Crippen molar-refractivity contribution in [1.29, 1.82) is 0 Å². The Labute approximate surface area is 302 Å². The van der Waals surface area contributed by atoms with Gasteiger partial charge in [-0.1, -0.05) is 166 Å². The maximum Gasteiger partial charge on any atom is 0.238 e. The Morgan fingerprint density at radius 2 is 0.904 bits per heavy atom. The molecule has 0 N–H and O–H groups in total. The van der Waals surface area contributed by atoms with Gasteiger partial charge in [0.1, 0.15) is 0 Å². The fourth-order valence-corrected chi connectivity index (χ4v) is 8.00. The molecule has 1 aliphatic rings. The molecule has 246 valence electrons. The van der Waals surface area contributed by atoms with Gasteiger partial charge in [-0.15, -0.1) is 0 Å². The molecule has 0 spiro atoms. The highest BCUT2D eigenvalue weighted by atomic mass is 15.2. The Hall–Kier alpha value is -6.65. The number of aromatic nitrogens is 4. The lowest BCUT2D eigenvalue weighted by Crippen LogP contribution is -2.14. The topological polar surface area (TPSA) is 43.6 Å². The predicted octanol–water partition coefficient (Wildman–Crippen LogP) is 11.9. The molecule has 52 heavy (non-hydrogen) atoms. The van der Waals surface area contributed by atoms with Crippen LogP contribution in [-0.4, -0.2) is 19.5 Å². The summed E-state index contributed by atoms with van der Waals surface area (Å²) in [5.41, 5.74) is 14.2. The Bertz CT molecular complexity index is 2740. The normalized spacial score (nSPS) is 13.0. The van der Waals surface area contributed by atoms with Gasteiger partial charge in [0.15, 0.2) is 11.6 Å². The first-order valence-corrected chi connectivity index (χ1v) is 17.8. The third-order valence-electron chi connectivity index (χ3n) is 10.7. The van der Waals surface area contributed by atoms with Crippen molar-refractivity contribution >= 4 is 21.8 Å². The van der Waals surface area contributed by atoms with Gasteiger partial charge in [-0.05, 0) is 62.7 Å². The van der Waals surface area contributed by atoms with Gasteiger partial charge < -0.3 is 0 Å². The van der Waals surface area contributed by atoms with Crippen LogP contribution < -0.4 is 0 Å². The van der Waals surface area contributed by atoms with Gasteiger partial charge >= 0.3 is 0 Å². The average molecular weight is 667 g/mol. The van der Waals surface area contributed by atoms with Crippen molar-refractivity contribution in [3.05, 3.63) is 181 Å². The van der Waals surface area contributed by atoms with E-state index in [4.69, 9.17) is 15.0 Å². The first-order valence-electron chi connectivity index (χ1n) is 17.8. The highest BCUT2D eigenvalue weighted by molar-refractivity contribution is 6.10. The monoisotopic (exact) mass is 666 g/mol. The van der Waals surface area contributed by atoms with E-state index in [1.54, 1.807) is 0 Å². The van der Waals surface area contributed by atoms with E-state index < -0.39 is 0 Å². The average Bonchev–Trinajstić information content (AvgIpc) is 3.66. The molecule has 2 heterocycles. The molecule has 1 aliphatic carbocycles. The summed E-state index contributed by atoms with van der Waals surface area (Å²) in [5.74, 6) is 1.87. The number of fused-ring (bicyclic) bond motifs is 6. The molecule has 0 fully saturated rings. The molecule has 2 aromatic heterocycles. The minimum absolute atomic E-state index is 0.0298. The molecule has 7 aromatic carbocycles. The first-order chi connectivity index (χ1) is 25.5. The van der Waals surface area contributed by atoms with E-state index in [2.05, 4.69) is 128 Å². The smallest absolute Gasteiger partial charge is 0.238 e. The number of para-hydroxylation sites is 1. The van der Waals surface area contributed by atoms with E-state index in [1.807, 2.05) is 60.7 Å². The second-order valence-corrected chi connectivity index (χ2v) is 14.1. The van der Waals surface area contributed by atoms with Gasteiger partial charge in [0.2, 0.25) is 5.95 Å². The summed E-state index contributed by atoms with van der Waals surface area (Å²) in [7, 11) is 0. The van der Waals surface area contributed by atoms with Crippen LogP contribution in [0.4, 0.5) is 0 Å². The summed E-state index contributed by atoms with van der Waals surface area (Å²) in [6.07, 6.45) is 0. The van der Waals surface area contributed by atoms with Crippen LogP contribution in [0.25, 0.3) is 83.9 Å². The van der Waals surface area contributed by atoms with Crippen LogP contribution in [0, 0.1) is 0 Å². The minimum Gasteiger partial charge on any atom is -0.278 e. The van der Waals surface area contributed by atoms with Crippen LogP contribution in [0.1, 0.15) is 25.0 Å². The maximum absolute atomic E-state index is 5.11. The van der Waals surface area contributed by atoms with Crippen molar-refractivity contribution in [1.82, 2.24) is 19.5 Å². The fourth-order valence-electron chi connectivity index (χ4n) is 8.00. The highest BCUT2D eigenvalue weighted by Crippen LogP contribution is 2.49. The summed E-state index contributed by atoms with van der Waals surface area (Å²) < 4.78 is 2.19. The quantitative estimate of drug-likeness (QED) is 0.184. The zero-order valence-electron chi connectivity index (χ0n) is 29.0. The summed E-state index contributed by atoms with van der Waals surface area (Å²) in [4.78, 5) is 15.2. The molecule has 0 aliphatic heterocycles. The largest absolute Gasteiger partial charge is 0.278 e. The van der Waals surface area contributed by atoms with E-state index >= 15 is 0 Å². The molecule has 4 nitrogen and oxygen atoms in total. The molecule has 0 amide bonds. The van der Waals surface area contributed by atoms with Crippen molar-refractivity contribution < 1.29 is 0 Å². The van der Waals surface area contributed by atoms with Crippen LogP contribution in [0.5, 0.6) is 0 Å². The van der Waals surface area contributed by atoms with Gasteiger partial charge in [0, 0.05) is 27.3 Å². The third kappa shape index (κ3) is 4.79. The number of benzene rings is 7. The van der Waals surface area contributed by atoms with Crippen molar-refractivity contribution in [3.8, 4) is 62.1 Å². The molecule has 0 bridgehead atoms. The summed E-state index contributed by atoms with van der Waals surface area (Å²) >= 11 is 0. The second-order valence-electron chi connectivity index (χ2n) is 14.1. The van der Waals surface area contributed by atoms with Crippen molar-refractivity contribution in [2.24, 2.45) is 0 Å². The van der Waals surface area contributed by atoms with E-state index in [0.717, 1.165) is 44.1 Å². The zero-order chi connectivity index (χ0) is 34.8. The van der Waals surface area contributed by atoms with Gasteiger partial charge in [0.25, 0.3) is 0 Å². The van der Waals surface area contributed by atoms with E-state index in [-0.39, 0.29) is 5.41 Å². The maximum atomic E-state index is 5.11. The van der Waals surface area contributed by atoms with E-state index in [0.29, 0.717) is 17.6 Å². The van der Waals surface area contributed by atoms with Gasteiger partial charge in [0.05, 0.1) is 11.0 Å².